The van der Waals surface area contributed by atoms with Crippen LogP contribution in [0.2, 0.25) is 0 Å². The highest BCUT2D eigenvalue weighted by molar-refractivity contribution is 5.87. The SMILES string of the molecule is CC1(C)[C@H]2CC[C@]1(c1cc(C(=O)O)ccn1)c1nnc(-c3c(F)cccc3F)cc12. The van der Waals surface area contributed by atoms with Gasteiger partial charge >= 0.3 is 5.97 Å². The number of hydrogen-bond donors (Lipinski definition) is 1. The molecule has 152 valence electrons. The Labute approximate surface area is 171 Å². The Bertz CT molecular complexity index is 1190. The summed E-state index contributed by atoms with van der Waals surface area (Å²) in [5, 5.41) is 18.1. The molecular formula is C23H19F2N3O2. The summed E-state index contributed by atoms with van der Waals surface area (Å²) >= 11 is 0. The van der Waals surface area contributed by atoms with E-state index in [1.165, 1.54) is 30.5 Å². The molecule has 2 aromatic heterocycles. The van der Waals surface area contributed by atoms with Gasteiger partial charge in [-0.1, -0.05) is 19.9 Å². The lowest BCUT2D eigenvalue weighted by atomic mass is 9.66. The molecule has 2 atom stereocenters. The van der Waals surface area contributed by atoms with Crippen molar-refractivity contribution in [3.05, 3.63) is 76.7 Å². The predicted octanol–water partition coefficient (Wildman–Crippen LogP) is 4.72. The molecule has 2 heterocycles. The lowest BCUT2D eigenvalue weighted by Crippen LogP contribution is -2.38. The van der Waals surface area contributed by atoms with Crippen LogP contribution < -0.4 is 0 Å². The number of aromatic carboxylic acids is 1. The minimum atomic E-state index is -1.02. The highest BCUT2D eigenvalue weighted by atomic mass is 19.1. The molecule has 0 saturated heterocycles. The van der Waals surface area contributed by atoms with E-state index in [9.17, 15) is 18.7 Å². The summed E-state index contributed by atoms with van der Waals surface area (Å²) in [6.45, 7) is 4.23. The molecule has 0 spiro atoms. The molecule has 2 bridgehead atoms. The van der Waals surface area contributed by atoms with Crippen LogP contribution in [0.5, 0.6) is 0 Å². The van der Waals surface area contributed by atoms with Gasteiger partial charge in [0.2, 0.25) is 0 Å². The van der Waals surface area contributed by atoms with Crippen molar-refractivity contribution >= 4 is 5.97 Å². The topological polar surface area (TPSA) is 76.0 Å². The van der Waals surface area contributed by atoms with Crippen LogP contribution in [-0.2, 0) is 5.41 Å². The molecule has 0 amide bonds. The zero-order valence-electron chi connectivity index (χ0n) is 16.5. The van der Waals surface area contributed by atoms with Crippen LogP contribution in [0.25, 0.3) is 11.3 Å². The van der Waals surface area contributed by atoms with Gasteiger partial charge in [0.25, 0.3) is 0 Å². The quantitative estimate of drug-likeness (QED) is 0.680. The highest BCUT2D eigenvalue weighted by Crippen LogP contribution is 2.69. The molecule has 0 aliphatic heterocycles. The zero-order valence-corrected chi connectivity index (χ0v) is 16.5. The van der Waals surface area contributed by atoms with Gasteiger partial charge in [-0.3, -0.25) is 4.98 Å². The normalized spacial score (nSPS) is 23.4. The minimum Gasteiger partial charge on any atom is -0.478 e. The fraction of sp³-hybridized carbons (Fsp3) is 0.304. The Balaban J connectivity index is 1.72. The highest BCUT2D eigenvalue weighted by Gasteiger charge is 2.65. The summed E-state index contributed by atoms with van der Waals surface area (Å²) in [5.74, 6) is -2.28. The van der Waals surface area contributed by atoms with Gasteiger partial charge in [0.05, 0.1) is 33.6 Å². The molecule has 0 unspecified atom stereocenters. The van der Waals surface area contributed by atoms with Gasteiger partial charge in [0, 0.05) is 6.20 Å². The standard InChI is InChI=1S/C23H19F2N3O2/c1-22(2)14-6-8-23(22,18-10-12(21(29)30)7-9-26-18)20-13(14)11-17(27-28-20)19-15(24)4-3-5-16(19)25/h3-5,7,9-11,14H,6,8H2,1-2H3,(H,29,30)/t14-,23-/m0/s1. The van der Waals surface area contributed by atoms with E-state index in [4.69, 9.17) is 0 Å². The number of carbonyl (C=O) groups is 1. The van der Waals surface area contributed by atoms with E-state index in [1.54, 1.807) is 12.1 Å². The molecule has 5 rings (SSSR count). The third kappa shape index (κ3) is 2.26. The monoisotopic (exact) mass is 407 g/mol. The van der Waals surface area contributed by atoms with Crippen molar-refractivity contribution < 1.29 is 18.7 Å². The van der Waals surface area contributed by atoms with Crippen LogP contribution in [0, 0.1) is 17.0 Å². The van der Waals surface area contributed by atoms with Gasteiger partial charge < -0.3 is 5.11 Å². The van der Waals surface area contributed by atoms with Gasteiger partial charge in [-0.05, 0) is 60.1 Å². The van der Waals surface area contributed by atoms with E-state index in [2.05, 4.69) is 29.0 Å². The summed E-state index contributed by atoms with van der Waals surface area (Å²) in [7, 11) is 0. The average molecular weight is 407 g/mol. The van der Waals surface area contributed by atoms with Crippen LogP contribution >= 0.6 is 0 Å². The molecule has 7 heteroatoms. The van der Waals surface area contributed by atoms with Crippen LogP contribution in [0.4, 0.5) is 8.78 Å². The second kappa shape index (κ2) is 6.14. The van der Waals surface area contributed by atoms with E-state index in [-0.39, 0.29) is 28.2 Å². The number of carboxylic acid groups (broad SMARTS) is 1. The number of nitrogens with zero attached hydrogens (tertiary/aromatic N) is 3. The number of halogens is 2. The van der Waals surface area contributed by atoms with Crippen LogP contribution in [0.1, 0.15) is 59.9 Å². The van der Waals surface area contributed by atoms with E-state index in [0.717, 1.165) is 24.1 Å². The molecular weight excluding hydrogens is 388 g/mol. The van der Waals surface area contributed by atoms with Crippen molar-refractivity contribution in [3.8, 4) is 11.3 Å². The molecule has 5 nitrogen and oxygen atoms in total. The molecule has 3 aromatic rings. The number of pyridine rings is 1. The number of aromatic nitrogens is 3. The lowest BCUT2D eigenvalue weighted by Gasteiger charge is -2.37. The van der Waals surface area contributed by atoms with Crippen LogP contribution in [0.3, 0.4) is 0 Å². The number of benzene rings is 1. The van der Waals surface area contributed by atoms with E-state index in [0.29, 0.717) is 5.69 Å². The molecule has 30 heavy (non-hydrogen) atoms. The molecule has 2 aliphatic rings. The first-order chi connectivity index (χ1) is 14.3. The van der Waals surface area contributed by atoms with Gasteiger partial charge in [0.15, 0.2) is 0 Å². The lowest BCUT2D eigenvalue weighted by molar-refractivity contribution is 0.0696. The summed E-state index contributed by atoms with van der Waals surface area (Å²) in [5.41, 5.74) is 1.51. The summed E-state index contributed by atoms with van der Waals surface area (Å²) in [4.78, 5) is 16.0. The van der Waals surface area contributed by atoms with E-state index >= 15 is 0 Å². The Hall–Kier alpha value is -3.22. The Morgan fingerprint density at radius 1 is 1.13 bits per heavy atom. The third-order valence-corrected chi connectivity index (χ3v) is 7.05. The Morgan fingerprint density at radius 3 is 2.57 bits per heavy atom. The molecule has 1 aromatic carbocycles. The first-order valence-electron chi connectivity index (χ1n) is 9.79. The third-order valence-electron chi connectivity index (χ3n) is 7.05. The fourth-order valence-electron chi connectivity index (χ4n) is 5.55. The maximum atomic E-state index is 14.3. The molecule has 1 N–H and O–H groups in total. The zero-order chi connectivity index (χ0) is 21.3. The summed E-state index contributed by atoms with van der Waals surface area (Å²) in [6.07, 6.45) is 3.12. The second-order valence-electron chi connectivity index (χ2n) is 8.58. The fourth-order valence-corrected chi connectivity index (χ4v) is 5.55. The summed E-state index contributed by atoms with van der Waals surface area (Å²) in [6, 6.07) is 8.52. The Kier molecular flexibility index (Phi) is 3.84. The Morgan fingerprint density at radius 2 is 1.87 bits per heavy atom. The van der Waals surface area contributed by atoms with Crippen molar-refractivity contribution in [2.75, 3.05) is 0 Å². The van der Waals surface area contributed by atoms with Crippen molar-refractivity contribution in [3.63, 3.8) is 0 Å². The molecule has 0 radical (unpaired) electrons. The maximum absolute atomic E-state index is 14.3. The molecule has 2 aliphatic carbocycles. The van der Waals surface area contributed by atoms with Crippen molar-refractivity contribution in [2.24, 2.45) is 5.41 Å². The van der Waals surface area contributed by atoms with Crippen molar-refractivity contribution in [1.29, 1.82) is 0 Å². The largest absolute Gasteiger partial charge is 0.478 e. The number of rotatable bonds is 3. The van der Waals surface area contributed by atoms with Crippen molar-refractivity contribution in [1.82, 2.24) is 15.2 Å². The van der Waals surface area contributed by atoms with Crippen LogP contribution in [0.15, 0.2) is 42.6 Å². The minimum absolute atomic E-state index is 0.104. The number of fused-ring (bicyclic) bond motifs is 5. The second-order valence-corrected chi connectivity index (χ2v) is 8.58. The van der Waals surface area contributed by atoms with Crippen molar-refractivity contribution in [2.45, 2.75) is 38.0 Å². The number of hydrogen-bond acceptors (Lipinski definition) is 4. The van der Waals surface area contributed by atoms with Gasteiger partial charge in [-0.15, -0.1) is 5.10 Å². The smallest absolute Gasteiger partial charge is 0.335 e. The first-order valence-corrected chi connectivity index (χ1v) is 9.79. The van der Waals surface area contributed by atoms with Gasteiger partial charge in [0.1, 0.15) is 11.6 Å². The predicted molar refractivity (Wildman–Crippen MR) is 105 cm³/mol. The van der Waals surface area contributed by atoms with Crippen LogP contribution in [-0.4, -0.2) is 26.3 Å². The van der Waals surface area contributed by atoms with Gasteiger partial charge in [-0.2, -0.15) is 5.10 Å². The molecule has 1 saturated carbocycles. The molecule has 1 fully saturated rings. The van der Waals surface area contributed by atoms with Gasteiger partial charge in [-0.25, -0.2) is 13.6 Å². The average Bonchev–Trinajstić information content (AvgIpc) is 3.09. The van der Waals surface area contributed by atoms with E-state index in [1.807, 2.05) is 0 Å². The maximum Gasteiger partial charge on any atom is 0.335 e. The first kappa shape index (κ1) is 18.8. The number of carboxylic acids is 1. The summed E-state index contributed by atoms with van der Waals surface area (Å²) < 4.78 is 28.6. The van der Waals surface area contributed by atoms with E-state index < -0.39 is 23.0 Å².